The van der Waals surface area contributed by atoms with Gasteiger partial charge in [0.2, 0.25) is 0 Å². The monoisotopic (exact) mass is 349 g/mol. The number of nitrogens with one attached hydrogen (secondary N) is 1. The first-order chi connectivity index (χ1) is 12.6. The lowest BCUT2D eigenvalue weighted by Gasteiger charge is -2.30. The molecule has 0 unspecified atom stereocenters. The zero-order chi connectivity index (χ0) is 18.6. The zero-order valence-corrected chi connectivity index (χ0v) is 14.9. The Bertz CT molecular complexity index is 839. The molecular formula is C22H23NO3. The lowest BCUT2D eigenvalue weighted by atomic mass is 9.81. The van der Waals surface area contributed by atoms with E-state index in [-0.39, 0.29) is 0 Å². The van der Waals surface area contributed by atoms with Gasteiger partial charge in [-0.2, -0.15) is 0 Å². The molecule has 0 fully saturated rings. The number of allylic oxidation sites excluding steroid dienone is 1. The van der Waals surface area contributed by atoms with E-state index in [0.29, 0.717) is 18.3 Å². The van der Waals surface area contributed by atoms with Crippen LogP contribution in [-0.2, 0) is 23.2 Å². The Balaban J connectivity index is 1.92. The van der Waals surface area contributed by atoms with E-state index in [1.807, 2.05) is 24.3 Å². The Morgan fingerprint density at radius 2 is 1.92 bits per heavy atom. The van der Waals surface area contributed by atoms with E-state index in [1.165, 1.54) is 18.4 Å². The molecule has 2 aromatic rings. The molecule has 0 saturated carbocycles. The Morgan fingerprint density at radius 3 is 2.58 bits per heavy atom. The molecule has 0 saturated heterocycles. The molecule has 4 heteroatoms. The fraction of sp³-hybridized carbons (Fsp3) is 0.273. The van der Waals surface area contributed by atoms with Gasteiger partial charge in [-0.3, -0.25) is 4.79 Å². The Labute approximate surface area is 153 Å². The summed E-state index contributed by atoms with van der Waals surface area (Å²) >= 11 is 0. The van der Waals surface area contributed by atoms with E-state index in [1.54, 1.807) is 6.08 Å². The molecule has 4 nitrogen and oxygen atoms in total. The molecule has 1 amide bonds. The predicted molar refractivity (Wildman–Crippen MR) is 102 cm³/mol. The summed E-state index contributed by atoms with van der Waals surface area (Å²) in [7, 11) is 0. The summed E-state index contributed by atoms with van der Waals surface area (Å²) in [6.45, 7) is 2.19. The van der Waals surface area contributed by atoms with Crippen LogP contribution in [0, 0.1) is 0 Å². The summed E-state index contributed by atoms with van der Waals surface area (Å²) in [4.78, 5) is 22.8. The molecule has 0 bridgehead atoms. The smallest absolute Gasteiger partial charge is 0.405 e. The number of unbranched alkanes of at least 4 members (excludes halogenated alkanes) is 1. The average Bonchev–Trinajstić information content (AvgIpc) is 2.66. The number of benzene rings is 2. The van der Waals surface area contributed by atoms with Gasteiger partial charge >= 0.3 is 6.09 Å². The fourth-order valence-electron chi connectivity index (χ4n) is 3.47. The van der Waals surface area contributed by atoms with Gasteiger partial charge in [-0.25, -0.2) is 4.79 Å². The number of fused-ring (bicyclic) bond motifs is 1. The zero-order valence-electron chi connectivity index (χ0n) is 14.9. The lowest BCUT2D eigenvalue weighted by molar-refractivity contribution is -0.112. The lowest BCUT2D eigenvalue weighted by Crippen LogP contribution is -2.46. The third-order valence-corrected chi connectivity index (χ3v) is 4.88. The van der Waals surface area contributed by atoms with Crippen molar-refractivity contribution in [3.63, 3.8) is 0 Å². The summed E-state index contributed by atoms with van der Waals surface area (Å²) in [5.41, 5.74) is 3.87. The van der Waals surface area contributed by atoms with Crippen molar-refractivity contribution in [2.75, 3.05) is 0 Å². The van der Waals surface area contributed by atoms with Crippen LogP contribution >= 0.6 is 0 Å². The van der Waals surface area contributed by atoms with Gasteiger partial charge in [0.15, 0.2) is 6.29 Å². The SMILES string of the molecule is CCCCc1ccc(-c2ccc3c(c2)CC=C[C@]3(C=O)NC(=O)O)cc1. The average molecular weight is 349 g/mol. The van der Waals surface area contributed by atoms with E-state index in [0.717, 1.165) is 23.1 Å². The van der Waals surface area contributed by atoms with Crippen LogP contribution in [0.25, 0.3) is 11.1 Å². The summed E-state index contributed by atoms with van der Waals surface area (Å²) in [6, 6.07) is 14.4. The van der Waals surface area contributed by atoms with Crippen molar-refractivity contribution in [3.05, 3.63) is 71.3 Å². The molecule has 1 atom stereocenters. The van der Waals surface area contributed by atoms with E-state index in [9.17, 15) is 9.59 Å². The molecule has 2 aromatic carbocycles. The second-order valence-corrected chi connectivity index (χ2v) is 6.70. The molecule has 1 aliphatic rings. The summed E-state index contributed by atoms with van der Waals surface area (Å²) < 4.78 is 0. The predicted octanol–water partition coefficient (Wildman–Crippen LogP) is 4.47. The Hall–Kier alpha value is -2.88. The maximum absolute atomic E-state index is 11.7. The second kappa shape index (κ2) is 7.56. The van der Waals surface area contributed by atoms with Crippen LogP contribution in [0.15, 0.2) is 54.6 Å². The highest BCUT2D eigenvalue weighted by atomic mass is 16.4. The van der Waals surface area contributed by atoms with Gasteiger partial charge in [0, 0.05) is 0 Å². The standard InChI is InChI=1S/C22H23NO3/c1-2-3-5-16-7-9-17(10-8-16)18-11-12-20-19(14-18)6-4-13-22(20,15-24)23-21(25)26/h4,7-15,23H,2-3,5-6H2,1H3,(H,25,26)/t22-/m1/s1. The van der Waals surface area contributed by atoms with E-state index in [2.05, 4.69) is 36.5 Å². The number of aldehydes is 1. The maximum Gasteiger partial charge on any atom is 0.405 e. The molecular weight excluding hydrogens is 326 g/mol. The highest BCUT2D eigenvalue weighted by molar-refractivity contribution is 5.81. The first kappa shape index (κ1) is 17.9. The van der Waals surface area contributed by atoms with Crippen molar-refractivity contribution in [1.82, 2.24) is 5.32 Å². The number of hydrogen-bond donors (Lipinski definition) is 2. The van der Waals surface area contributed by atoms with Crippen molar-refractivity contribution in [3.8, 4) is 11.1 Å². The highest BCUT2D eigenvalue weighted by Gasteiger charge is 2.35. The van der Waals surface area contributed by atoms with Crippen molar-refractivity contribution in [2.45, 2.75) is 38.1 Å². The second-order valence-electron chi connectivity index (χ2n) is 6.70. The third-order valence-electron chi connectivity index (χ3n) is 4.88. The molecule has 2 N–H and O–H groups in total. The first-order valence-electron chi connectivity index (χ1n) is 8.96. The van der Waals surface area contributed by atoms with Crippen LogP contribution in [0.2, 0.25) is 0 Å². The van der Waals surface area contributed by atoms with Crippen molar-refractivity contribution >= 4 is 12.4 Å². The van der Waals surface area contributed by atoms with Crippen molar-refractivity contribution < 1.29 is 14.7 Å². The normalized spacial score (nSPS) is 18.2. The number of carboxylic acid groups (broad SMARTS) is 1. The molecule has 0 heterocycles. The number of carbonyl (C=O) groups excluding carboxylic acids is 1. The molecule has 0 radical (unpaired) electrons. The molecule has 3 rings (SSSR count). The van der Waals surface area contributed by atoms with Crippen LogP contribution in [0.3, 0.4) is 0 Å². The van der Waals surface area contributed by atoms with Crippen LogP contribution in [-0.4, -0.2) is 17.5 Å². The van der Waals surface area contributed by atoms with Crippen molar-refractivity contribution in [2.24, 2.45) is 0 Å². The molecule has 134 valence electrons. The van der Waals surface area contributed by atoms with Gasteiger partial charge in [0.1, 0.15) is 5.54 Å². The molecule has 0 spiro atoms. The van der Waals surface area contributed by atoms with Gasteiger partial charge in [-0.15, -0.1) is 0 Å². The van der Waals surface area contributed by atoms with Crippen molar-refractivity contribution in [1.29, 1.82) is 0 Å². The quantitative estimate of drug-likeness (QED) is 0.597. The molecule has 26 heavy (non-hydrogen) atoms. The number of amides is 1. The van der Waals surface area contributed by atoms with E-state index in [4.69, 9.17) is 5.11 Å². The summed E-state index contributed by atoms with van der Waals surface area (Å²) in [6.07, 6.45) is 7.03. The largest absolute Gasteiger partial charge is 0.465 e. The van der Waals surface area contributed by atoms with Crippen LogP contribution in [0.1, 0.15) is 36.5 Å². The first-order valence-corrected chi connectivity index (χ1v) is 8.96. The van der Waals surface area contributed by atoms with Gasteiger partial charge in [-0.05, 0) is 47.1 Å². The summed E-state index contributed by atoms with van der Waals surface area (Å²) in [5.74, 6) is 0. The number of rotatable bonds is 6. The topological polar surface area (TPSA) is 66.4 Å². The van der Waals surface area contributed by atoms with E-state index >= 15 is 0 Å². The van der Waals surface area contributed by atoms with Crippen LogP contribution in [0.4, 0.5) is 4.79 Å². The van der Waals surface area contributed by atoms with E-state index < -0.39 is 11.6 Å². The minimum atomic E-state index is -1.30. The third kappa shape index (κ3) is 3.54. The Kier molecular flexibility index (Phi) is 5.21. The molecule has 1 aliphatic carbocycles. The van der Waals surface area contributed by atoms with Crippen LogP contribution in [0.5, 0.6) is 0 Å². The number of hydrogen-bond acceptors (Lipinski definition) is 2. The number of carbonyl (C=O) groups is 2. The minimum absolute atomic E-state index is 0.651. The molecule has 0 aromatic heterocycles. The summed E-state index contributed by atoms with van der Waals surface area (Å²) in [5, 5.41) is 11.5. The maximum atomic E-state index is 11.7. The highest BCUT2D eigenvalue weighted by Crippen LogP contribution is 2.33. The fourth-order valence-corrected chi connectivity index (χ4v) is 3.47. The number of aryl methyl sites for hydroxylation is 1. The van der Waals surface area contributed by atoms with Gasteiger partial charge in [-0.1, -0.05) is 68.0 Å². The van der Waals surface area contributed by atoms with Gasteiger partial charge in [0.25, 0.3) is 0 Å². The minimum Gasteiger partial charge on any atom is -0.465 e. The molecule has 0 aliphatic heterocycles. The van der Waals surface area contributed by atoms with Gasteiger partial charge in [0.05, 0.1) is 0 Å². The van der Waals surface area contributed by atoms with Crippen LogP contribution < -0.4 is 5.32 Å². The Morgan fingerprint density at radius 1 is 1.19 bits per heavy atom. The van der Waals surface area contributed by atoms with Gasteiger partial charge < -0.3 is 10.4 Å².